The Morgan fingerprint density at radius 2 is 1.68 bits per heavy atom. The maximum atomic E-state index is 12.3. The van der Waals surface area contributed by atoms with Gasteiger partial charge in [0.2, 0.25) is 0 Å². The van der Waals surface area contributed by atoms with Gasteiger partial charge in [0.15, 0.2) is 0 Å². The second-order valence-corrected chi connectivity index (χ2v) is 7.01. The first-order chi connectivity index (χ1) is 12.2. The van der Waals surface area contributed by atoms with Gasteiger partial charge >= 0.3 is 6.03 Å². The molecule has 7 heteroatoms. The molecule has 0 aliphatic carbocycles. The molecule has 138 valence electrons. The molecule has 0 aromatic heterocycles. The van der Waals surface area contributed by atoms with Crippen molar-refractivity contribution in [2.24, 2.45) is 0 Å². The lowest BCUT2D eigenvalue weighted by molar-refractivity contribution is 0.0385. The van der Waals surface area contributed by atoms with Crippen LogP contribution in [0, 0.1) is 0 Å². The topological polar surface area (TPSA) is 48.1 Å². The van der Waals surface area contributed by atoms with E-state index >= 15 is 0 Å². The van der Waals surface area contributed by atoms with E-state index in [-0.39, 0.29) is 6.03 Å². The van der Waals surface area contributed by atoms with Crippen LogP contribution in [0.3, 0.4) is 0 Å². The highest BCUT2D eigenvalue weighted by Crippen LogP contribution is 2.13. The summed E-state index contributed by atoms with van der Waals surface area (Å²) in [5.41, 5.74) is 1.26. The molecule has 0 unspecified atom stereocenters. The van der Waals surface area contributed by atoms with Crippen molar-refractivity contribution in [2.45, 2.75) is 6.54 Å². The van der Waals surface area contributed by atoms with Crippen LogP contribution < -0.4 is 5.32 Å². The number of piperazine rings is 1. The molecule has 0 spiro atoms. The molecular formula is C18H27ClN4O2. The molecule has 2 amide bonds. The minimum atomic E-state index is 0.0550. The van der Waals surface area contributed by atoms with Crippen LogP contribution in [0.25, 0.3) is 0 Å². The normalized spacial score (nSPS) is 19.8. The highest BCUT2D eigenvalue weighted by molar-refractivity contribution is 6.30. The Balaban J connectivity index is 1.33. The fourth-order valence-electron chi connectivity index (χ4n) is 3.21. The van der Waals surface area contributed by atoms with E-state index in [4.69, 9.17) is 16.3 Å². The zero-order chi connectivity index (χ0) is 17.5. The van der Waals surface area contributed by atoms with Gasteiger partial charge in [-0.25, -0.2) is 4.79 Å². The number of morpholine rings is 1. The van der Waals surface area contributed by atoms with Crippen molar-refractivity contribution in [1.29, 1.82) is 0 Å². The van der Waals surface area contributed by atoms with Crippen LogP contribution in [-0.2, 0) is 11.3 Å². The van der Waals surface area contributed by atoms with E-state index in [1.165, 1.54) is 5.56 Å². The molecule has 0 atom stereocenters. The van der Waals surface area contributed by atoms with Gasteiger partial charge in [-0.2, -0.15) is 0 Å². The Bertz CT molecular complexity index is 541. The standard InChI is InChI=1S/C18H27ClN4O2/c19-17-3-1-16(2-4-17)15-22-7-9-23(10-8-22)18(24)20-5-6-21-11-13-25-14-12-21/h1-4H,5-15H2,(H,20,24). The summed E-state index contributed by atoms with van der Waals surface area (Å²) in [5.74, 6) is 0. The molecule has 2 heterocycles. The Labute approximate surface area is 154 Å². The van der Waals surface area contributed by atoms with Crippen molar-refractivity contribution in [3.8, 4) is 0 Å². The number of nitrogens with zero attached hydrogens (tertiary/aromatic N) is 3. The average Bonchev–Trinajstić information content (AvgIpc) is 2.65. The van der Waals surface area contributed by atoms with Crippen molar-refractivity contribution < 1.29 is 9.53 Å². The minimum Gasteiger partial charge on any atom is -0.379 e. The maximum Gasteiger partial charge on any atom is 0.317 e. The van der Waals surface area contributed by atoms with Gasteiger partial charge in [-0.3, -0.25) is 9.80 Å². The van der Waals surface area contributed by atoms with Crippen LogP contribution in [0.5, 0.6) is 0 Å². The first-order valence-electron chi connectivity index (χ1n) is 9.00. The molecule has 2 aliphatic heterocycles. The third-order valence-electron chi connectivity index (χ3n) is 4.79. The number of nitrogens with one attached hydrogen (secondary N) is 1. The van der Waals surface area contributed by atoms with Gasteiger partial charge in [0, 0.05) is 63.9 Å². The van der Waals surface area contributed by atoms with Crippen LogP contribution in [0.15, 0.2) is 24.3 Å². The van der Waals surface area contributed by atoms with E-state index in [0.29, 0.717) is 6.54 Å². The maximum absolute atomic E-state index is 12.3. The number of rotatable bonds is 5. The van der Waals surface area contributed by atoms with Gasteiger partial charge < -0.3 is 15.0 Å². The number of ether oxygens (including phenoxy) is 1. The molecule has 3 rings (SSSR count). The number of halogens is 1. The number of carbonyl (C=O) groups excluding carboxylic acids is 1. The van der Waals surface area contributed by atoms with Crippen LogP contribution in [0.4, 0.5) is 4.79 Å². The van der Waals surface area contributed by atoms with E-state index in [1.54, 1.807) is 0 Å². The van der Waals surface area contributed by atoms with E-state index in [2.05, 4.69) is 27.2 Å². The molecule has 1 aromatic carbocycles. The van der Waals surface area contributed by atoms with E-state index < -0.39 is 0 Å². The summed E-state index contributed by atoms with van der Waals surface area (Å²) < 4.78 is 5.33. The van der Waals surface area contributed by atoms with Gasteiger partial charge in [-0.05, 0) is 17.7 Å². The van der Waals surface area contributed by atoms with Gasteiger partial charge in [-0.15, -0.1) is 0 Å². The van der Waals surface area contributed by atoms with Crippen LogP contribution in [0.2, 0.25) is 5.02 Å². The molecular weight excluding hydrogens is 340 g/mol. The quantitative estimate of drug-likeness (QED) is 0.858. The van der Waals surface area contributed by atoms with Gasteiger partial charge in [0.25, 0.3) is 0 Å². The van der Waals surface area contributed by atoms with Crippen LogP contribution in [0.1, 0.15) is 5.56 Å². The van der Waals surface area contributed by atoms with Crippen molar-refractivity contribution >= 4 is 17.6 Å². The second kappa shape index (κ2) is 9.38. The number of carbonyl (C=O) groups is 1. The monoisotopic (exact) mass is 366 g/mol. The molecule has 0 bridgehead atoms. The highest BCUT2D eigenvalue weighted by Gasteiger charge is 2.21. The molecule has 1 aromatic rings. The van der Waals surface area contributed by atoms with Gasteiger partial charge in [0.1, 0.15) is 0 Å². The molecule has 25 heavy (non-hydrogen) atoms. The SMILES string of the molecule is O=C(NCCN1CCOCC1)N1CCN(Cc2ccc(Cl)cc2)CC1. The van der Waals surface area contributed by atoms with Crippen molar-refractivity contribution in [1.82, 2.24) is 20.0 Å². The number of hydrogen-bond acceptors (Lipinski definition) is 4. The molecule has 6 nitrogen and oxygen atoms in total. The van der Waals surface area contributed by atoms with Gasteiger partial charge in [0.05, 0.1) is 13.2 Å². The smallest absolute Gasteiger partial charge is 0.317 e. The summed E-state index contributed by atoms with van der Waals surface area (Å²) in [7, 11) is 0. The molecule has 2 fully saturated rings. The van der Waals surface area contributed by atoms with Crippen molar-refractivity contribution in [3.05, 3.63) is 34.9 Å². The summed E-state index contributed by atoms with van der Waals surface area (Å²) in [6, 6.07) is 8.03. The highest BCUT2D eigenvalue weighted by atomic mass is 35.5. The molecule has 1 N–H and O–H groups in total. The Morgan fingerprint density at radius 1 is 1.00 bits per heavy atom. The zero-order valence-corrected chi connectivity index (χ0v) is 15.4. The lowest BCUT2D eigenvalue weighted by atomic mass is 10.2. The Morgan fingerprint density at radius 3 is 2.36 bits per heavy atom. The molecule has 0 saturated carbocycles. The third kappa shape index (κ3) is 5.85. The van der Waals surface area contributed by atoms with Crippen LogP contribution in [-0.4, -0.2) is 86.3 Å². The van der Waals surface area contributed by atoms with Crippen LogP contribution >= 0.6 is 11.6 Å². The first-order valence-corrected chi connectivity index (χ1v) is 9.38. The fourth-order valence-corrected chi connectivity index (χ4v) is 3.34. The summed E-state index contributed by atoms with van der Waals surface area (Å²) in [6.07, 6.45) is 0. The molecule has 2 saturated heterocycles. The largest absolute Gasteiger partial charge is 0.379 e. The summed E-state index contributed by atoms with van der Waals surface area (Å²) in [5, 5.41) is 3.81. The number of benzene rings is 1. The zero-order valence-electron chi connectivity index (χ0n) is 14.6. The molecule has 2 aliphatic rings. The average molecular weight is 367 g/mol. The number of urea groups is 1. The fraction of sp³-hybridized carbons (Fsp3) is 0.611. The molecule has 0 radical (unpaired) electrons. The summed E-state index contributed by atoms with van der Waals surface area (Å²) in [6.45, 7) is 9.36. The van der Waals surface area contributed by atoms with Crippen molar-refractivity contribution in [2.75, 3.05) is 65.6 Å². The lowest BCUT2D eigenvalue weighted by Crippen LogP contribution is -2.52. The summed E-state index contributed by atoms with van der Waals surface area (Å²) in [4.78, 5) is 18.9. The Kier molecular flexibility index (Phi) is 6.93. The van der Waals surface area contributed by atoms with Gasteiger partial charge in [-0.1, -0.05) is 23.7 Å². The summed E-state index contributed by atoms with van der Waals surface area (Å²) >= 11 is 5.93. The first kappa shape index (κ1) is 18.5. The number of hydrogen-bond donors (Lipinski definition) is 1. The Hall–Kier alpha value is -1.34. The lowest BCUT2D eigenvalue weighted by Gasteiger charge is -2.35. The second-order valence-electron chi connectivity index (χ2n) is 6.58. The number of amides is 2. The predicted octanol–water partition coefficient (Wildman–Crippen LogP) is 1.50. The predicted molar refractivity (Wildman–Crippen MR) is 99.0 cm³/mol. The van der Waals surface area contributed by atoms with Crippen molar-refractivity contribution in [3.63, 3.8) is 0 Å². The third-order valence-corrected chi connectivity index (χ3v) is 5.04. The van der Waals surface area contributed by atoms with E-state index in [9.17, 15) is 4.79 Å². The minimum absolute atomic E-state index is 0.0550. The van der Waals surface area contributed by atoms with E-state index in [1.807, 2.05) is 17.0 Å². The van der Waals surface area contributed by atoms with E-state index in [0.717, 1.165) is 70.6 Å².